The van der Waals surface area contributed by atoms with Gasteiger partial charge >= 0.3 is 0 Å². The lowest BCUT2D eigenvalue weighted by molar-refractivity contribution is 0.376. The molecule has 0 radical (unpaired) electrons. The van der Waals surface area contributed by atoms with Crippen LogP contribution in [-0.4, -0.2) is 15.3 Å². The van der Waals surface area contributed by atoms with E-state index in [0.717, 1.165) is 5.56 Å². The molecule has 2 aromatic carbocycles. The Balaban J connectivity index is 1.57. The minimum Gasteiger partial charge on any atom is -0.353 e. The lowest BCUT2D eigenvalue weighted by Crippen LogP contribution is -2.28. The van der Waals surface area contributed by atoms with Crippen LogP contribution in [0.4, 0.5) is 10.1 Å². The number of halogens is 1. The van der Waals surface area contributed by atoms with E-state index in [0.29, 0.717) is 29.1 Å². The number of aromatic nitrogens is 2. The zero-order valence-electron chi connectivity index (χ0n) is 15.4. The quantitative estimate of drug-likeness (QED) is 0.638. The van der Waals surface area contributed by atoms with Crippen molar-refractivity contribution in [3.8, 4) is 11.4 Å². The van der Waals surface area contributed by atoms with Crippen LogP contribution in [0.25, 0.3) is 11.4 Å². The van der Waals surface area contributed by atoms with Crippen molar-refractivity contribution < 1.29 is 8.91 Å². The van der Waals surface area contributed by atoms with Crippen LogP contribution < -0.4 is 10.6 Å². The third-order valence-electron chi connectivity index (χ3n) is 3.98. The summed E-state index contributed by atoms with van der Waals surface area (Å²) in [4.78, 5) is 4.39. The molecule has 0 aliphatic heterocycles. The maximum atomic E-state index is 12.9. The van der Waals surface area contributed by atoms with Gasteiger partial charge in [0.05, 0.1) is 6.54 Å². The molecule has 7 heteroatoms. The Morgan fingerprint density at radius 1 is 1.07 bits per heavy atom. The highest BCUT2D eigenvalue weighted by Crippen LogP contribution is 2.24. The smallest absolute Gasteiger partial charge is 0.246 e. The van der Waals surface area contributed by atoms with E-state index in [4.69, 9.17) is 16.7 Å². The lowest BCUT2D eigenvalue weighted by Gasteiger charge is -2.18. The first-order chi connectivity index (χ1) is 12.8. The van der Waals surface area contributed by atoms with Crippen LogP contribution >= 0.6 is 12.2 Å². The highest BCUT2D eigenvalue weighted by Gasteiger charge is 2.14. The van der Waals surface area contributed by atoms with Gasteiger partial charge in [-0.15, -0.1) is 0 Å². The standard InChI is InChI=1S/C20H21FN4OS/c1-20(2,3)14-6-4-13(5-7-14)18-24-17(26-25-18)12-22-19(27)23-16-10-8-15(21)9-11-16/h4-11H,12H2,1-3H3,(H2,22,23,27). The summed E-state index contributed by atoms with van der Waals surface area (Å²) in [6.07, 6.45) is 0. The second-order valence-corrected chi connectivity index (χ2v) is 7.56. The Morgan fingerprint density at radius 3 is 2.37 bits per heavy atom. The number of anilines is 1. The third-order valence-corrected chi connectivity index (χ3v) is 4.23. The van der Waals surface area contributed by atoms with Crippen molar-refractivity contribution in [3.63, 3.8) is 0 Å². The molecule has 0 saturated heterocycles. The number of benzene rings is 2. The maximum Gasteiger partial charge on any atom is 0.246 e. The predicted molar refractivity (Wildman–Crippen MR) is 108 cm³/mol. The molecule has 5 nitrogen and oxygen atoms in total. The van der Waals surface area contributed by atoms with Crippen LogP contribution in [0.5, 0.6) is 0 Å². The fourth-order valence-electron chi connectivity index (χ4n) is 2.43. The Labute approximate surface area is 163 Å². The number of rotatable bonds is 4. The van der Waals surface area contributed by atoms with Crippen LogP contribution in [-0.2, 0) is 12.0 Å². The van der Waals surface area contributed by atoms with E-state index in [1.54, 1.807) is 12.1 Å². The van der Waals surface area contributed by atoms with Gasteiger partial charge in [-0.2, -0.15) is 4.98 Å². The molecule has 0 aliphatic rings. The van der Waals surface area contributed by atoms with Crippen molar-refractivity contribution in [3.05, 3.63) is 65.8 Å². The normalized spacial score (nSPS) is 11.3. The largest absolute Gasteiger partial charge is 0.353 e. The van der Waals surface area contributed by atoms with Crippen LogP contribution in [0, 0.1) is 5.82 Å². The fourth-order valence-corrected chi connectivity index (χ4v) is 2.62. The van der Waals surface area contributed by atoms with Crippen molar-refractivity contribution in [1.82, 2.24) is 15.5 Å². The molecule has 1 heterocycles. The van der Waals surface area contributed by atoms with Gasteiger partial charge in [-0.05, 0) is 47.5 Å². The second-order valence-electron chi connectivity index (χ2n) is 7.15. The van der Waals surface area contributed by atoms with Gasteiger partial charge in [0.25, 0.3) is 0 Å². The summed E-state index contributed by atoms with van der Waals surface area (Å²) in [6, 6.07) is 14.1. The average Bonchev–Trinajstić information content (AvgIpc) is 3.10. The molecule has 2 N–H and O–H groups in total. The molecule has 3 aromatic rings. The van der Waals surface area contributed by atoms with Gasteiger partial charge in [0.2, 0.25) is 11.7 Å². The summed E-state index contributed by atoms with van der Waals surface area (Å²) in [5, 5.41) is 10.4. The molecule has 1 aromatic heterocycles. The van der Waals surface area contributed by atoms with Gasteiger partial charge < -0.3 is 15.2 Å². The van der Waals surface area contributed by atoms with Crippen molar-refractivity contribution in [2.45, 2.75) is 32.7 Å². The average molecular weight is 384 g/mol. The van der Waals surface area contributed by atoms with Crippen molar-refractivity contribution in [2.75, 3.05) is 5.32 Å². The topological polar surface area (TPSA) is 63.0 Å². The molecule has 0 spiro atoms. The first-order valence-electron chi connectivity index (χ1n) is 8.55. The van der Waals surface area contributed by atoms with Gasteiger partial charge in [0.1, 0.15) is 5.82 Å². The summed E-state index contributed by atoms with van der Waals surface area (Å²) < 4.78 is 18.2. The van der Waals surface area contributed by atoms with Crippen molar-refractivity contribution in [2.24, 2.45) is 0 Å². The predicted octanol–water partition coefficient (Wildman–Crippen LogP) is 4.66. The summed E-state index contributed by atoms with van der Waals surface area (Å²) in [5.74, 6) is 0.658. The second kappa shape index (κ2) is 7.84. The molecule has 0 bridgehead atoms. The third kappa shape index (κ3) is 5.10. The van der Waals surface area contributed by atoms with Crippen molar-refractivity contribution >= 4 is 23.0 Å². The van der Waals surface area contributed by atoms with E-state index in [9.17, 15) is 4.39 Å². The molecule has 0 amide bonds. The Morgan fingerprint density at radius 2 is 1.74 bits per heavy atom. The maximum absolute atomic E-state index is 12.9. The van der Waals surface area contributed by atoms with Crippen LogP contribution in [0.1, 0.15) is 32.2 Å². The summed E-state index contributed by atoms with van der Waals surface area (Å²) >= 11 is 5.21. The number of hydrogen-bond acceptors (Lipinski definition) is 4. The van der Waals surface area contributed by atoms with E-state index < -0.39 is 0 Å². The van der Waals surface area contributed by atoms with Gasteiger partial charge in [0.15, 0.2) is 5.11 Å². The minimum atomic E-state index is -0.298. The SMILES string of the molecule is CC(C)(C)c1ccc(-c2noc(CNC(=S)Nc3ccc(F)cc3)n2)cc1. The minimum absolute atomic E-state index is 0.0953. The Kier molecular flexibility index (Phi) is 5.51. The Hall–Kier alpha value is -2.80. The molecule has 0 unspecified atom stereocenters. The fraction of sp³-hybridized carbons (Fsp3) is 0.250. The highest BCUT2D eigenvalue weighted by molar-refractivity contribution is 7.80. The van der Waals surface area contributed by atoms with Gasteiger partial charge in [-0.3, -0.25) is 0 Å². The van der Waals surface area contributed by atoms with Gasteiger partial charge in [-0.1, -0.05) is 50.2 Å². The zero-order valence-corrected chi connectivity index (χ0v) is 16.2. The molecule has 0 saturated carbocycles. The van der Waals surface area contributed by atoms with E-state index in [1.807, 2.05) is 12.1 Å². The first kappa shape index (κ1) is 19.0. The number of thiocarbonyl (C=S) groups is 1. The summed E-state index contributed by atoms with van der Waals surface area (Å²) in [5.41, 5.74) is 2.93. The van der Waals surface area contributed by atoms with Crippen LogP contribution in [0.15, 0.2) is 53.1 Å². The van der Waals surface area contributed by atoms with Crippen molar-refractivity contribution in [1.29, 1.82) is 0 Å². The molecule has 3 rings (SSSR count). The molecule has 0 fully saturated rings. The van der Waals surface area contributed by atoms with Gasteiger partial charge in [0, 0.05) is 11.3 Å². The highest BCUT2D eigenvalue weighted by atomic mass is 32.1. The Bertz CT molecular complexity index is 914. The number of nitrogens with zero attached hydrogens (tertiary/aromatic N) is 2. The first-order valence-corrected chi connectivity index (χ1v) is 8.96. The summed E-state index contributed by atoms with van der Waals surface area (Å²) in [6.45, 7) is 6.80. The summed E-state index contributed by atoms with van der Waals surface area (Å²) in [7, 11) is 0. The molecule has 0 aliphatic carbocycles. The molecular formula is C20H21FN4OS. The monoisotopic (exact) mass is 384 g/mol. The molecule has 140 valence electrons. The van der Waals surface area contributed by atoms with Gasteiger partial charge in [-0.25, -0.2) is 4.39 Å². The van der Waals surface area contributed by atoms with Crippen LogP contribution in [0.2, 0.25) is 0 Å². The van der Waals surface area contributed by atoms with Crippen LogP contribution in [0.3, 0.4) is 0 Å². The van der Waals surface area contributed by atoms with E-state index in [1.165, 1.54) is 17.7 Å². The van der Waals surface area contributed by atoms with E-state index >= 15 is 0 Å². The number of hydrogen-bond donors (Lipinski definition) is 2. The lowest BCUT2D eigenvalue weighted by atomic mass is 9.87. The molecular weight excluding hydrogens is 363 g/mol. The van der Waals surface area contributed by atoms with E-state index in [-0.39, 0.29) is 11.2 Å². The number of nitrogens with one attached hydrogen (secondary N) is 2. The molecule has 0 atom stereocenters. The zero-order chi connectivity index (χ0) is 19.4. The molecule has 27 heavy (non-hydrogen) atoms. The van der Waals surface area contributed by atoms with E-state index in [2.05, 4.69) is 53.7 Å².